The number of carbonyl (C=O) groups is 3. The van der Waals surface area contributed by atoms with Crippen molar-refractivity contribution >= 4 is 57.2 Å². The van der Waals surface area contributed by atoms with Gasteiger partial charge in [0.1, 0.15) is 5.00 Å². The molecule has 12 heteroatoms. The summed E-state index contributed by atoms with van der Waals surface area (Å²) in [6, 6.07) is 3.89. The number of nitrogens with zero attached hydrogens (tertiary/aromatic N) is 3. The molecule has 0 bridgehead atoms. The molecule has 0 aliphatic heterocycles. The Morgan fingerprint density at radius 2 is 1.95 bits per heavy atom. The summed E-state index contributed by atoms with van der Waals surface area (Å²) in [5, 5.41) is 17.9. The van der Waals surface area contributed by atoms with Crippen LogP contribution in [0.1, 0.15) is 94.2 Å². The fourth-order valence-corrected chi connectivity index (χ4v) is 8.01. The van der Waals surface area contributed by atoms with E-state index in [1.54, 1.807) is 13.0 Å². The predicted octanol–water partition coefficient (Wildman–Crippen LogP) is 5.62. The molecule has 39 heavy (non-hydrogen) atoms. The topological polar surface area (TPSA) is 115 Å². The summed E-state index contributed by atoms with van der Waals surface area (Å²) in [7, 11) is 0. The number of aryl methyl sites for hydroxylation is 1. The van der Waals surface area contributed by atoms with Crippen LogP contribution in [-0.2, 0) is 28.9 Å². The Kier molecular flexibility index (Phi) is 9.36. The molecule has 0 aromatic carbocycles. The van der Waals surface area contributed by atoms with E-state index in [1.807, 2.05) is 11.4 Å². The summed E-state index contributed by atoms with van der Waals surface area (Å²) in [5.74, 6) is 0.135. The molecule has 208 valence electrons. The van der Waals surface area contributed by atoms with E-state index in [1.165, 1.54) is 45.7 Å². The average Bonchev–Trinajstić information content (AvgIpc) is 3.70. The van der Waals surface area contributed by atoms with E-state index in [9.17, 15) is 14.4 Å². The molecule has 0 atom stereocenters. The average molecular weight is 588 g/mol. The van der Waals surface area contributed by atoms with E-state index in [0.717, 1.165) is 56.9 Å². The molecule has 2 aliphatic carbocycles. The van der Waals surface area contributed by atoms with Crippen LogP contribution in [0.5, 0.6) is 0 Å². The van der Waals surface area contributed by atoms with E-state index in [2.05, 4.69) is 25.4 Å². The fraction of sp³-hybridized carbons (Fsp3) is 0.519. The molecule has 1 fully saturated rings. The van der Waals surface area contributed by atoms with Crippen LogP contribution in [0.15, 0.2) is 22.7 Å². The summed E-state index contributed by atoms with van der Waals surface area (Å²) < 4.78 is 7.42. The highest BCUT2D eigenvalue weighted by Crippen LogP contribution is 2.39. The third-order valence-corrected chi connectivity index (χ3v) is 10.1. The van der Waals surface area contributed by atoms with Gasteiger partial charge in [0.15, 0.2) is 11.0 Å². The molecule has 2 N–H and O–H groups in total. The molecule has 5 rings (SSSR count). The number of nitrogens with one attached hydrogen (secondary N) is 2. The van der Waals surface area contributed by atoms with Crippen molar-refractivity contribution in [1.82, 2.24) is 20.1 Å². The molecule has 0 unspecified atom stereocenters. The number of hydrogen-bond donors (Lipinski definition) is 2. The third-order valence-electron chi connectivity index (χ3n) is 7.06. The van der Waals surface area contributed by atoms with E-state index in [-0.39, 0.29) is 36.1 Å². The molecule has 3 heterocycles. The van der Waals surface area contributed by atoms with Crippen LogP contribution in [0, 0.1) is 0 Å². The monoisotopic (exact) mass is 587 g/mol. The second kappa shape index (κ2) is 13.1. The van der Waals surface area contributed by atoms with Gasteiger partial charge in [0.25, 0.3) is 5.91 Å². The van der Waals surface area contributed by atoms with Crippen molar-refractivity contribution in [2.24, 2.45) is 0 Å². The molecule has 0 radical (unpaired) electrons. The molecule has 0 saturated heterocycles. The Bertz CT molecular complexity index is 1310. The van der Waals surface area contributed by atoms with Crippen molar-refractivity contribution in [3.05, 3.63) is 44.2 Å². The number of fused-ring (bicyclic) bond motifs is 1. The number of ether oxygens (including phenoxy) is 1. The number of anilines is 1. The number of aromatic nitrogens is 3. The molecule has 9 nitrogen and oxygen atoms in total. The van der Waals surface area contributed by atoms with Crippen LogP contribution < -0.4 is 10.6 Å². The molecule has 1 saturated carbocycles. The first kappa shape index (κ1) is 27.9. The maximum atomic E-state index is 13.1. The van der Waals surface area contributed by atoms with Gasteiger partial charge in [-0.2, -0.15) is 0 Å². The smallest absolute Gasteiger partial charge is 0.341 e. The lowest BCUT2D eigenvalue weighted by Gasteiger charge is -2.25. The highest BCUT2D eigenvalue weighted by atomic mass is 32.2. The number of amides is 2. The molecule has 2 aliphatic rings. The molecule has 3 aromatic rings. The van der Waals surface area contributed by atoms with Crippen molar-refractivity contribution in [2.45, 2.75) is 82.5 Å². The van der Waals surface area contributed by atoms with Gasteiger partial charge in [-0.25, -0.2) is 4.79 Å². The second-order valence-electron chi connectivity index (χ2n) is 9.69. The summed E-state index contributed by atoms with van der Waals surface area (Å²) in [4.78, 5) is 40.1. The number of carbonyl (C=O) groups excluding carboxylic acids is 3. The van der Waals surface area contributed by atoms with Crippen LogP contribution >= 0.6 is 34.4 Å². The minimum atomic E-state index is -0.369. The quantitative estimate of drug-likeness (QED) is 0.234. The maximum Gasteiger partial charge on any atom is 0.341 e. The lowest BCUT2D eigenvalue weighted by atomic mass is 9.95. The largest absolute Gasteiger partial charge is 0.462 e. The zero-order valence-corrected chi connectivity index (χ0v) is 24.4. The number of thiophene rings is 2. The zero-order valence-electron chi connectivity index (χ0n) is 22.0. The van der Waals surface area contributed by atoms with Crippen molar-refractivity contribution in [1.29, 1.82) is 0 Å². The van der Waals surface area contributed by atoms with Crippen LogP contribution in [0.25, 0.3) is 0 Å². The summed E-state index contributed by atoms with van der Waals surface area (Å²) in [6.07, 6.45) is 9.40. The van der Waals surface area contributed by atoms with E-state index >= 15 is 0 Å². The molecule has 3 aromatic heterocycles. The highest BCUT2D eigenvalue weighted by molar-refractivity contribution is 7.99. The lowest BCUT2D eigenvalue weighted by Crippen LogP contribution is -2.26. The first-order valence-corrected chi connectivity index (χ1v) is 16.2. The molecule has 0 spiro atoms. The van der Waals surface area contributed by atoms with Crippen LogP contribution in [0.4, 0.5) is 5.00 Å². The van der Waals surface area contributed by atoms with Crippen LogP contribution in [0.2, 0.25) is 0 Å². The Balaban J connectivity index is 1.28. The van der Waals surface area contributed by atoms with Gasteiger partial charge in [0.2, 0.25) is 5.91 Å². The second-order valence-corrected chi connectivity index (χ2v) is 12.7. The van der Waals surface area contributed by atoms with Gasteiger partial charge in [-0.1, -0.05) is 37.1 Å². The summed E-state index contributed by atoms with van der Waals surface area (Å²) in [6.45, 7) is 2.35. The van der Waals surface area contributed by atoms with Crippen molar-refractivity contribution in [2.75, 3.05) is 17.7 Å². The summed E-state index contributed by atoms with van der Waals surface area (Å²) >= 11 is 4.22. The molecular weight excluding hydrogens is 555 g/mol. The Morgan fingerprint density at radius 1 is 1.13 bits per heavy atom. The van der Waals surface area contributed by atoms with Gasteiger partial charge in [-0.3, -0.25) is 9.59 Å². The lowest BCUT2D eigenvalue weighted by molar-refractivity contribution is -0.113. The minimum Gasteiger partial charge on any atom is -0.462 e. The van der Waals surface area contributed by atoms with Crippen LogP contribution in [0.3, 0.4) is 0 Å². The number of thioether (sulfide) groups is 1. The standard InChI is InChI=1S/C27H33N5O4S3/c1-2-36-26(35)23-18-11-6-7-12-19(18)39-25(23)29-22(33)16-38-27-31-30-21(32(27)17-9-4-3-5-10-17)15-28-24(34)20-13-8-14-37-20/h8,13-14,17H,2-7,9-12,15-16H2,1H3,(H,28,34)(H,29,33). The molecular formula is C27H33N5O4S3. The number of rotatable bonds is 10. The minimum absolute atomic E-state index is 0.132. The summed E-state index contributed by atoms with van der Waals surface area (Å²) in [5.41, 5.74) is 1.54. The van der Waals surface area contributed by atoms with Crippen molar-refractivity contribution in [3.63, 3.8) is 0 Å². The van der Waals surface area contributed by atoms with E-state index in [4.69, 9.17) is 4.74 Å². The van der Waals surface area contributed by atoms with Gasteiger partial charge in [-0.05, 0) is 62.5 Å². The number of hydrogen-bond acceptors (Lipinski definition) is 9. The Morgan fingerprint density at radius 3 is 2.72 bits per heavy atom. The van der Waals surface area contributed by atoms with E-state index < -0.39 is 0 Å². The number of esters is 1. The van der Waals surface area contributed by atoms with Gasteiger partial charge in [-0.15, -0.1) is 32.9 Å². The third kappa shape index (κ3) is 6.55. The molecule has 2 amide bonds. The van der Waals surface area contributed by atoms with Crippen molar-refractivity contribution < 1.29 is 19.1 Å². The maximum absolute atomic E-state index is 13.1. The Hall–Kier alpha value is -2.70. The fourth-order valence-electron chi connectivity index (χ4n) is 5.25. The predicted molar refractivity (Wildman–Crippen MR) is 154 cm³/mol. The SMILES string of the molecule is CCOC(=O)c1c(NC(=O)CSc2nnc(CNC(=O)c3cccs3)n2C2CCCCC2)sc2c1CCCC2. The first-order chi connectivity index (χ1) is 19.0. The van der Waals surface area contributed by atoms with Gasteiger partial charge >= 0.3 is 5.97 Å². The Labute approximate surface area is 240 Å². The van der Waals surface area contributed by atoms with Gasteiger partial charge in [0.05, 0.1) is 29.3 Å². The first-order valence-electron chi connectivity index (χ1n) is 13.5. The van der Waals surface area contributed by atoms with E-state index in [0.29, 0.717) is 33.0 Å². The van der Waals surface area contributed by atoms with Crippen molar-refractivity contribution in [3.8, 4) is 0 Å². The van der Waals surface area contributed by atoms with Gasteiger partial charge < -0.3 is 19.9 Å². The normalized spacial score (nSPS) is 15.5. The highest BCUT2D eigenvalue weighted by Gasteiger charge is 2.28. The zero-order chi connectivity index (χ0) is 27.2. The van der Waals surface area contributed by atoms with Gasteiger partial charge in [0, 0.05) is 10.9 Å². The van der Waals surface area contributed by atoms with Crippen LogP contribution in [-0.4, -0.2) is 44.9 Å².